The topological polar surface area (TPSA) is 47.7 Å². The number of hydrogen-bond acceptors (Lipinski definition) is 4. The molecule has 0 unspecified atom stereocenters. The second-order valence-electron chi connectivity index (χ2n) is 4.79. The number of nitrogen functional groups attached to an aromatic ring is 1. The molecule has 0 radical (unpaired) electrons. The highest BCUT2D eigenvalue weighted by Gasteiger charge is 2.43. The predicted molar refractivity (Wildman–Crippen MR) is 67.1 cm³/mol. The van der Waals surface area contributed by atoms with E-state index in [4.69, 9.17) is 15.2 Å². The van der Waals surface area contributed by atoms with Crippen molar-refractivity contribution < 1.29 is 9.47 Å². The summed E-state index contributed by atoms with van der Waals surface area (Å²) < 4.78 is 11.5. The molecule has 2 aliphatic rings. The number of aryl methyl sites for hydroxylation is 1. The lowest BCUT2D eigenvalue weighted by Gasteiger charge is -2.25. The summed E-state index contributed by atoms with van der Waals surface area (Å²) in [5, 5.41) is 0. The zero-order chi connectivity index (χ0) is 11.9. The summed E-state index contributed by atoms with van der Waals surface area (Å²) >= 11 is 0. The van der Waals surface area contributed by atoms with E-state index in [-0.39, 0.29) is 5.79 Å². The molecule has 0 amide bonds. The molecule has 0 aliphatic carbocycles. The number of rotatable bonds is 1. The van der Waals surface area contributed by atoms with Gasteiger partial charge in [0.15, 0.2) is 5.79 Å². The standard InChI is InChI=1S/C13H18N2O2/c1-10-3-2-4-11(14)12(10)15-6-5-13(9-15)16-7-8-17-13/h2-4H,5-9,14H2,1H3. The minimum atomic E-state index is -0.380. The van der Waals surface area contributed by atoms with Crippen molar-refractivity contribution in [2.75, 3.05) is 36.9 Å². The van der Waals surface area contributed by atoms with Crippen LogP contribution in [0.25, 0.3) is 0 Å². The van der Waals surface area contributed by atoms with E-state index >= 15 is 0 Å². The van der Waals surface area contributed by atoms with Crippen LogP contribution in [0.5, 0.6) is 0 Å². The average molecular weight is 234 g/mol. The molecule has 1 spiro atoms. The van der Waals surface area contributed by atoms with Gasteiger partial charge in [0.25, 0.3) is 0 Å². The van der Waals surface area contributed by atoms with Crippen LogP contribution in [0.4, 0.5) is 11.4 Å². The van der Waals surface area contributed by atoms with Crippen molar-refractivity contribution in [1.82, 2.24) is 0 Å². The highest BCUT2D eigenvalue weighted by atomic mass is 16.7. The first-order valence-electron chi connectivity index (χ1n) is 6.08. The maximum absolute atomic E-state index is 6.07. The van der Waals surface area contributed by atoms with E-state index in [0.29, 0.717) is 13.2 Å². The van der Waals surface area contributed by atoms with Crippen molar-refractivity contribution >= 4 is 11.4 Å². The van der Waals surface area contributed by atoms with Crippen LogP contribution < -0.4 is 10.6 Å². The second kappa shape index (κ2) is 3.89. The normalized spacial score (nSPS) is 22.5. The van der Waals surface area contributed by atoms with Gasteiger partial charge in [-0.15, -0.1) is 0 Å². The number of nitrogens with zero attached hydrogens (tertiary/aromatic N) is 1. The Morgan fingerprint density at radius 1 is 1.29 bits per heavy atom. The molecule has 2 fully saturated rings. The van der Waals surface area contributed by atoms with Crippen molar-refractivity contribution in [2.24, 2.45) is 0 Å². The van der Waals surface area contributed by atoms with Crippen LogP contribution in [-0.2, 0) is 9.47 Å². The Morgan fingerprint density at radius 3 is 2.76 bits per heavy atom. The Hall–Kier alpha value is -1.26. The Kier molecular flexibility index (Phi) is 2.49. The summed E-state index contributed by atoms with van der Waals surface area (Å²) in [4.78, 5) is 2.27. The Balaban J connectivity index is 1.87. The van der Waals surface area contributed by atoms with E-state index in [2.05, 4.69) is 17.9 Å². The minimum absolute atomic E-state index is 0.380. The SMILES string of the molecule is Cc1cccc(N)c1N1CCC2(C1)OCCO2. The number of benzene rings is 1. The number of hydrogen-bond donors (Lipinski definition) is 1. The number of ether oxygens (including phenoxy) is 2. The first-order valence-corrected chi connectivity index (χ1v) is 6.08. The van der Waals surface area contributed by atoms with Gasteiger partial charge < -0.3 is 20.1 Å². The van der Waals surface area contributed by atoms with Gasteiger partial charge >= 0.3 is 0 Å². The smallest absolute Gasteiger partial charge is 0.187 e. The molecule has 3 rings (SSSR count). The summed E-state index contributed by atoms with van der Waals surface area (Å²) in [6.07, 6.45) is 0.917. The minimum Gasteiger partial charge on any atom is -0.397 e. The van der Waals surface area contributed by atoms with Gasteiger partial charge in [0, 0.05) is 13.0 Å². The molecule has 0 saturated carbocycles. The first kappa shape index (κ1) is 10.9. The lowest BCUT2D eigenvalue weighted by Crippen LogP contribution is -2.34. The van der Waals surface area contributed by atoms with E-state index in [1.165, 1.54) is 5.56 Å². The third-order valence-corrected chi connectivity index (χ3v) is 3.59. The average Bonchev–Trinajstić information content (AvgIpc) is 2.90. The summed E-state index contributed by atoms with van der Waals surface area (Å²) in [5.41, 5.74) is 9.23. The lowest BCUT2D eigenvalue weighted by atomic mass is 10.1. The lowest BCUT2D eigenvalue weighted by molar-refractivity contribution is -0.137. The van der Waals surface area contributed by atoms with E-state index in [9.17, 15) is 0 Å². The van der Waals surface area contributed by atoms with Gasteiger partial charge in [-0.1, -0.05) is 12.1 Å². The molecular weight excluding hydrogens is 216 g/mol. The van der Waals surface area contributed by atoms with Crippen LogP contribution >= 0.6 is 0 Å². The number of anilines is 2. The Morgan fingerprint density at radius 2 is 2.06 bits per heavy atom. The van der Waals surface area contributed by atoms with E-state index in [1.807, 2.05) is 12.1 Å². The summed E-state index contributed by atoms with van der Waals surface area (Å²) in [7, 11) is 0. The molecule has 17 heavy (non-hydrogen) atoms. The molecule has 2 heterocycles. The highest BCUT2D eigenvalue weighted by molar-refractivity contribution is 5.71. The maximum atomic E-state index is 6.07. The van der Waals surface area contributed by atoms with Crippen LogP contribution in [0.2, 0.25) is 0 Å². The third kappa shape index (κ3) is 1.77. The zero-order valence-electron chi connectivity index (χ0n) is 10.1. The maximum Gasteiger partial charge on any atom is 0.187 e. The summed E-state index contributed by atoms with van der Waals surface area (Å²) in [6.45, 7) is 5.22. The van der Waals surface area contributed by atoms with Crippen molar-refractivity contribution in [2.45, 2.75) is 19.1 Å². The Labute approximate surface area is 101 Å². The predicted octanol–water partition coefficient (Wildman–Crippen LogP) is 1.53. The molecular formula is C13H18N2O2. The Bertz CT molecular complexity index is 407. The molecule has 4 nitrogen and oxygen atoms in total. The molecule has 2 aliphatic heterocycles. The fourth-order valence-corrected chi connectivity index (χ4v) is 2.79. The molecule has 0 atom stereocenters. The molecule has 0 bridgehead atoms. The van der Waals surface area contributed by atoms with Gasteiger partial charge in [-0.3, -0.25) is 0 Å². The molecule has 1 aromatic rings. The van der Waals surface area contributed by atoms with Crippen molar-refractivity contribution in [1.29, 1.82) is 0 Å². The number of para-hydroxylation sites is 1. The van der Waals surface area contributed by atoms with Crippen LogP contribution in [0, 0.1) is 6.92 Å². The molecule has 1 aromatic carbocycles. The molecule has 92 valence electrons. The van der Waals surface area contributed by atoms with Crippen LogP contribution in [0.1, 0.15) is 12.0 Å². The summed E-state index contributed by atoms with van der Waals surface area (Å²) in [5.74, 6) is -0.380. The van der Waals surface area contributed by atoms with Crippen molar-refractivity contribution in [3.8, 4) is 0 Å². The molecule has 2 saturated heterocycles. The largest absolute Gasteiger partial charge is 0.397 e. The number of nitrogens with two attached hydrogens (primary N) is 1. The van der Waals surface area contributed by atoms with Crippen molar-refractivity contribution in [3.63, 3.8) is 0 Å². The summed E-state index contributed by atoms with van der Waals surface area (Å²) in [6, 6.07) is 6.03. The zero-order valence-corrected chi connectivity index (χ0v) is 10.1. The molecule has 2 N–H and O–H groups in total. The second-order valence-corrected chi connectivity index (χ2v) is 4.79. The van der Waals surface area contributed by atoms with E-state index < -0.39 is 0 Å². The van der Waals surface area contributed by atoms with Gasteiger partial charge in [-0.2, -0.15) is 0 Å². The molecule has 4 heteroatoms. The quantitative estimate of drug-likeness (QED) is 0.749. The van der Waals surface area contributed by atoms with E-state index in [0.717, 1.165) is 30.9 Å². The monoisotopic (exact) mass is 234 g/mol. The van der Waals surface area contributed by atoms with Gasteiger partial charge in [0.2, 0.25) is 0 Å². The van der Waals surface area contributed by atoms with Crippen LogP contribution in [0.15, 0.2) is 18.2 Å². The fraction of sp³-hybridized carbons (Fsp3) is 0.538. The highest BCUT2D eigenvalue weighted by Crippen LogP contribution is 2.37. The van der Waals surface area contributed by atoms with E-state index in [1.54, 1.807) is 0 Å². The fourth-order valence-electron chi connectivity index (χ4n) is 2.79. The van der Waals surface area contributed by atoms with Gasteiger partial charge in [-0.25, -0.2) is 0 Å². The van der Waals surface area contributed by atoms with Crippen LogP contribution in [-0.4, -0.2) is 32.1 Å². The molecule has 0 aromatic heterocycles. The van der Waals surface area contributed by atoms with Gasteiger partial charge in [0.05, 0.1) is 31.1 Å². The first-order chi connectivity index (χ1) is 8.20. The van der Waals surface area contributed by atoms with Gasteiger partial charge in [-0.05, 0) is 18.6 Å². The third-order valence-electron chi connectivity index (χ3n) is 3.59. The van der Waals surface area contributed by atoms with Gasteiger partial charge in [0.1, 0.15) is 0 Å². The van der Waals surface area contributed by atoms with Crippen molar-refractivity contribution in [3.05, 3.63) is 23.8 Å². The van der Waals surface area contributed by atoms with Crippen LogP contribution in [0.3, 0.4) is 0 Å².